The van der Waals surface area contributed by atoms with Gasteiger partial charge in [0.15, 0.2) is 11.5 Å². The third kappa shape index (κ3) is 2.84. The Morgan fingerprint density at radius 1 is 1.14 bits per heavy atom. The first-order valence-corrected chi connectivity index (χ1v) is 6.44. The average Bonchev–Trinajstić information content (AvgIpc) is 2.79. The van der Waals surface area contributed by atoms with E-state index in [1.54, 1.807) is 34.1 Å². The predicted octanol–water partition coefficient (Wildman–Crippen LogP) is 2.87. The number of benzene rings is 1. The van der Waals surface area contributed by atoms with Crippen LogP contribution in [0.2, 0.25) is 0 Å². The average molecular weight is 290 g/mol. The van der Waals surface area contributed by atoms with Gasteiger partial charge in [0.05, 0.1) is 19.9 Å². The second-order valence-electron chi connectivity index (χ2n) is 4.68. The number of hydrogen-bond donors (Lipinski definition) is 1. The van der Waals surface area contributed by atoms with Gasteiger partial charge in [-0.3, -0.25) is 4.79 Å². The Labute approximate surface area is 123 Å². The Hall–Kier alpha value is -2.50. The van der Waals surface area contributed by atoms with Gasteiger partial charge in [0.25, 0.3) is 5.91 Å². The van der Waals surface area contributed by atoms with Crippen molar-refractivity contribution in [2.24, 2.45) is 0 Å². The fraction of sp³-hybridized carbons (Fsp3) is 0.333. The first-order valence-electron chi connectivity index (χ1n) is 6.44. The monoisotopic (exact) mass is 290 g/mol. The molecule has 0 aliphatic rings. The van der Waals surface area contributed by atoms with E-state index in [1.165, 1.54) is 0 Å². The summed E-state index contributed by atoms with van der Waals surface area (Å²) in [4.78, 5) is 12.3. The van der Waals surface area contributed by atoms with Gasteiger partial charge in [0.1, 0.15) is 11.3 Å². The lowest BCUT2D eigenvalue weighted by atomic mass is 10.1. The molecule has 0 aliphatic heterocycles. The van der Waals surface area contributed by atoms with Gasteiger partial charge in [-0.25, -0.2) is 0 Å². The molecule has 0 saturated heterocycles. The molecule has 1 N–H and O–H groups in total. The zero-order valence-corrected chi connectivity index (χ0v) is 12.7. The maximum absolute atomic E-state index is 12.3. The molecule has 2 rings (SSSR count). The molecule has 0 saturated carbocycles. The highest BCUT2D eigenvalue weighted by Gasteiger charge is 2.19. The van der Waals surface area contributed by atoms with Crippen LogP contribution in [0.5, 0.6) is 11.5 Å². The number of aryl methyl sites for hydroxylation is 3. The Morgan fingerprint density at radius 2 is 1.76 bits per heavy atom. The van der Waals surface area contributed by atoms with E-state index >= 15 is 0 Å². The van der Waals surface area contributed by atoms with Crippen molar-refractivity contribution in [3.8, 4) is 11.5 Å². The zero-order chi connectivity index (χ0) is 15.6. The fourth-order valence-electron chi connectivity index (χ4n) is 2.11. The van der Waals surface area contributed by atoms with E-state index < -0.39 is 0 Å². The fourth-order valence-corrected chi connectivity index (χ4v) is 2.11. The molecule has 0 bridgehead atoms. The zero-order valence-electron chi connectivity index (χ0n) is 12.7. The molecular weight excluding hydrogens is 272 g/mol. The number of nitrogens with one attached hydrogen (secondary N) is 1. The first kappa shape index (κ1) is 14.9. The van der Waals surface area contributed by atoms with E-state index in [2.05, 4.69) is 10.5 Å². The summed E-state index contributed by atoms with van der Waals surface area (Å²) in [6.07, 6.45) is 0. The van der Waals surface area contributed by atoms with Crippen LogP contribution in [0.1, 0.15) is 27.4 Å². The number of nitrogens with zero attached hydrogens (tertiary/aromatic N) is 1. The minimum Gasteiger partial charge on any atom is -0.493 e. The van der Waals surface area contributed by atoms with Crippen LogP contribution in [0, 0.1) is 20.8 Å². The highest BCUT2D eigenvalue weighted by molar-refractivity contribution is 6.06. The molecule has 112 valence electrons. The molecule has 0 atom stereocenters. The van der Waals surface area contributed by atoms with Crippen LogP contribution in [-0.4, -0.2) is 25.3 Å². The molecule has 1 aromatic carbocycles. The minimum absolute atomic E-state index is 0.262. The van der Waals surface area contributed by atoms with Crippen molar-refractivity contribution in [2.75, 3.05) is 19.5 Å². The summed E-state index contributed by atoms with van der Waals surface area (Å²) in [7, 11) is 3.12. The van der Waals surface area contributed by atoms with Gasteiger partial charge in [-0.05, 0) is 32.4 Å². The lowest BCUT2D eigenvalue weighted by Gasteiger charge is -2.13. The normalized spacial score (nSPS) is 10.3. The lowest BCUT2D eigenvalue weighted by Crippen LogP contribution is -2.14. The molecule has 6 nitrogen and oxygen atoms in total. The first-order chi connectivity index (χ1) is 9.97. The van der Waals surface area contributed by atoms with Crippen LogP contribution in [0.3, 0.4) is 0 Å². The number of anilines is 1. The minimum atomic E-state index is -0.262. The predicted molar refractivity (Wildman–Crippen MR) is 78.2 cm³/mol. The van der Waals surface area contributed by atoms with E-state index in [0.29, 0.717) is 34.2 Å². The van der Waals surface area contributed by atoms with Gasteiger partial charge < -0.3 is 19.3 Å². The van der Waals surface area contributed by atoms with Gasteiger partial charge >= 0.3 is 0 Å². The van der Waals surface area contributed by atoms with E-state index in [4.69, 9.17) is 14.0 Å². The third-order valence-corrected chi connectivity index (χ3v) is 3.24. The summed E-state index contributed by atoms with van der Waals surface area (Å²) in [6.45, 7) is 5.31. The molecule has 0 aliphatic carbocycles. The summed E-state index contributed by atoms with van der Waals surface area (Å²) in [6, 6.07) is 3.53. The van der Waals surface area contributed by atoms with Crippen LogP contribution in [0.15, 0.2) is 16.7 Å². The Bertz CT molecular complexity index is 657. The van der Waals surface area contributed by atoms with E-state index in [-0.39, 0.29) is 5.91 Å². The summed E-state index contributed by atoms with van der Waals surface area (Å²) in [5.41, 5.74) is 2.53. The Kier molecular flexibility index (Phi) is 4.16. The van der Waals surface area contributed by atoms with E-state index in [1.807, 2.05) is 13.0 Å². The summed E-state index contributed by atoms with van der Waals surface area (Å²) >= 11 is 0. The van der Waals surface area contributed by atoms with E-state index in [0.717, 1.165) is 5.56 Å². The highest BCUT2D eigenvalue weighted by atomic mass is 16.5. The number of methoxy groups -OCH3 is 2. The molecule has 1 heterocycles. The molecule has 0 radical (unpaired) electrons. The number of amides is 1. The maximum Gasteiger partial charge on any atom is 0.261 e. The highest BCUT2D eigenvalue weighted by Crippen LogP contribution is 2.33. The second kappa shape index (κ2) is 5.87. The third-order valence-electron chi connectivity index (χ3n) is 3.24. The number of carbonyl (C=O) groups is 1. The second-order valence-corrected chi connectivity index (χ2v) is 4.68. The number of hydrogen-bond acceptors (Lipinski definition) is 5. The van der Waals surface area contributed by atoms with Gasteiger partial charge in [-0.15, -0.1) is 0 Å². The van der Waals surface area contributed by atoms with Crippen LogP contribution in [-0.2, 0) is 0 Å². The Morgan fingerprint density at radius 3 is 2.29 bits per heavy atom. The smallest absolute Gasteiger partial charge is 0.261 e. The topological polar surface area (TPSA) is 73.6 Å². The molecule has 0 fully saturated rings. The standard InChI is InChI=1S/C15H18N2O4/c1-8-6-12(19-4)13(20-5)7-11(8)16-15(18)14-9(2)17-21-10(14)3/h6-7H,1-5H3,(H,16,18). The largest absolute Gasteiger partial charge is 0.493 e. The van der Waals surface area contributed by atoms with Crippen molar-refractivity contribution >= 4 is 11.6 Å². The summed E-state index contributed by atoms with van der Waals surface area (Å²) in [5.74, 6) is 1.40. The maximum atomic E-state index is 12.3. The Balaban J connectivity index is 2.33. The number of ether oxygens (including phenoxy) is 2. The van der Waals surface area contributed by atoms with Crippen molar-refractivity contribution < 1.29 is 18.8 Å². The van der Waals surface area contributed by atoms with Crippen LogP contribution < -0.4 is 14.8 Å². The molecule has 0 unspecified atom stereocenters. The molecule has 2 aromatic rings. The number of carbonyl (C=O) groups excluding carboxylic acids is 1. The van der Waals surface area contributed by atoms with Crippen molar-refractivity contribution in [3.63, 3.8) is 0 Å². The van der Waals surface area contributed by atoms with Gasteiger partial charge in [0, 0.05) is 11.8 Å². The molecule has 1 aromatic heterocycles. The van der Waals surface area contributed by atoms with Crippen molar-refractivity contribution in [3.05, 3.63) is 34.7 Å². The van der Waals surface area contributed by atoms with Crippen molar-refractivity contribution in [1.29, 1.82) is 0 Å². The molecule has 6 heteroatoms. The van der Waals surface area contributed by atoms with E-state index in [9.17, 15) is 4.79 Å². The lowest BCUT2D eigenvalue weighted by molar-refractivity contribution is 0.102. The molecule has 0 spiro atoms. The van der Waals surface area contributed by atoms with Gasteiger partial charge in [-0.2, -0.15) is 0 Å². The van der Waals surface area contributed by atoms with Crippen LogP contribution >= 0.6 is 0 Å². The molecule has 1 amide bonds. The molecule has 21 heavy (non-hydrogen) atoms. The van der Waals surface area contributed by atoms with Gasteiger partial charge in [-0.1, -0.05) is 5.16 Å². The van der Waals surface area contributed by atoms with Crippen LogP contribution in [0.25, 0.3) is 0 Å². The molecular formula is C15H18N2O4. The van der Waals surface area contributed by atoms with Crippen LogP contribution in [0.4, 0.5) is 5.69 Å². The van der Waals surface area contributed by atoms with Crippen molar-refractivity contribution in [2.45, 2.75) is 20.8 Å². The van der Waals surface area contributed by atoms with Crippen molar-refractivity contribution in [1.82, 2.24) is 5.16 Å². The summed E-state index contributed by atoms with van der Waals surface area (Å²) < 4.78 is 15.5. The number of rotatable bonds is 4. The number of aromatic nitrogens is 1. The quantitative estimate of drug-likeness (QED) is 0.937. The summed E-state index contributed by atoms with van der Waals surface area (Å²) in [5, 5.41) is 6.63. The SMILES string of the molecule is COc1cc(C)c(NC(=O)c2c(C)noc2C)cc1OC. The van der Waals surface area contributed by atoms with Gasteiger partial charge in [0.2, 0.25) is 0 Å².